The SMILES string of the molecule is CCC(=O)C1CCN(Cc2ccccc2)C1. The third-order valence-electron chi connectivity index (χ3n) is 3.33. The molecule has 2 nitrogen and oxygen atoms in total. The maximum absolute atomic E-state index is 11.6. The molecule has 0 amide bonds. The van der Waals surface area contributed by atoms with E-state index in [1.54, 1.807) is 0 Å². The molecule has 2 rings (SSSR count). The molecule has 0 radical (unpaired) electrons. The van der Waals surface area contributed by atoms with Crippen molar-refractivity contribution in [1.29, 1.82) is 0 Å². The number of likely N-dealkylation sites (tertiary alicyclic amines) is 1. The number of hydrogen-bond donors (Lipinski definition) is 0. The van der Waals surface area contributed by atoms with Crippen LogP contribution in [0.3, 0.4) is 0 Å². The average molecular weight is 217 g/mol. The molecule has 0 bridgehead atoms. The van der Waals surface area contributed by atoms with Gasteiger partial charge in [0.2, 0.25) is 0 Å². The van der Waals surface area contributed by atoms with E-state index in [4.69, 9.17) is 0 Å². The molecule has 0 aromatic heterocycles. The molecule has 86 valence electrons. The number of Topliss-reactive ketones (excluding diaryl/α,β-unsaturated/α-hetero) is 1. The van der Waals surface area contributed by atoms with Gasteiger partial charge in [0.15, 0.2) is 0 Å². The van der Waals surface area contributed by atoms with Gasteiger partial charge in [0, 0.05) is 25.4 Å². The van der Waals surface area contributed by atoms with Crippen molar-refractivity contribution in [3.05, 3.63) is 35.9 Å². The van der Waals surface area contributed by atoms with Gasteiger partial charge in [-0.3, -0.25) is 9.69 Å². The van der Waals surface area contributed by atoms with Gasteiger partial charge in [-0.05, 0) is 18.5 Å². The number of carbonyl (C=O) groups is 1. The summed E-state index contributed by atoms with van der Waals surface area (Å²) in [6, 6.07) is 10.5. The van der Waals surface area contributed by atoms with Crippen LogP contribution in [0.2, 0.25) is 0 Å². The van der Waals surface area contributed by atoms with Gasteiger partial charge >= 0.3 is 0 Å². The topological polar surface area (TPSA) is 20.3 Å². The molecule has 1 aromatic rings. The Morgan fingerprint density at radius 3 is 2.81 bits per heavy atom. The maximum atomic E-state index is 11.6. The second-order valence-corrected chi connectivity index (χ2v) is 4.53. The number of ketones is 1. The molecule has 0 saturated carbocycles. The summed E-state index contributed by atoms with van der Waals surface area (Å²) in [5, 5.41) is 0. The van der Waals surface area contributed by atoms with Crippen LogP contribution in [-0.4, -0.2) is 23.8 Å². The minimum Gasteiger partial charge on any atom is -0.299 e. The monoisotopic (exact) mass is 217 g/mol. The van der Waals surface area contributed by atoms with Crippen molar-refractivity contribution in [3.63, 3.8) is 0 Å². The molecule has 16 heavy (non-hydrogen) atoms. The zero-order chi connectivity index (χ0) is 11.4. The number of carbonyl (C=O) groups excluding carboxylic acids is 1. The van der Waals surface area contributed by atoms with E-state index >= 15 is 0 Å². The molecule has 1 aliphatic heterocycles. The van der Waals surface area contributed by atoms with E-state index < -0.39 is 0 Å². The van der Waals surface area contributed by atoms with Crippen molar-refractivity contribution in [1.82, 2.24) is 4.90 Å². The number of nitrogens with zero attached hydrogens (tertiary/aromatic N) is 1. The first kappa shape index (κ1) is 11.3. The number of rotatable bonds is 4. The Morgan fingerprint density at radius 1 is 1.38 bits per heavy atom. The lowest BCUT2D eigenvalue weighted by Crippen LogP contribution is -2.22. The largest absolute Gasteiger partial charge is 0.299 e. The van der Waals surface area contributed by atoms with Crippen LogP contribution in [0, 0.1) is 5.92 Å². The molecule has 2 heteroatoms. The average Bonchev–Trinajstić information content (AvgIpc) is 2.78. The Labute approximate surface area is 97.3 Å². The van der Waals surface area contributed by atoms with Gasteiger partial charge in [-0.2, -0.15) is 0 Å². The molecule has 0 N–H and O–H groups in total. The van der Waals surface area contributed by atoms with Crippen molar-refractivity contribution in [3.8, 4) is 0 Å². The van der Waals surface area contributed by atoms with E-state index in [1.165, 1.54) is 5.56 Å². The Morgan fingerprint density at radius 2 is 2.12 bits per heavy atom. The summed E-state index contributed by atoms with van der Waals surface area (Å²) in [6.07, 6.45) is 1.73. The van der Waals surface area contributed by atoms with Crippen LogP contribution < -0.4 is 0 Å². The summed E-state index contributed by atoms with van der Waals surface area (Å²) in [7, 11) is 0. The summed E-state index contributed by atoms with van der Waals surface area (Å²) in [5.41, 5.74) is 1.34. The summed E-state index contributed by atoms with van der Waals surface area (Å²) in [4.78, 5) is 14.0. The van der Waals surface area contributed by atoms with Crippen LogP contribution in [0.25, 0.3) is 0 Å². The molecule has 0 spiro atoms. The second-order valence-electron chi connectivity index (χ2n) is 4.53. The number of benzene rings is 1. The third-order valence-corrected chi connectivity index (χ3v) is 3.33. The Bertz CT molecular complexity index is 347. The summed E-state index contributed by atoms with van der Waals surface area (Å²) >= 11 is 0. The fraction of sp³-hybridized carbons (Fsp3) is 0.500. The fourth-order valence-electron chi connectivity index (χ4n) is 2.37. The molecule has 0 aliphatic carbocycles. The van der Waals surface area contributed by atoms with Crippen LogP contribution in [-0.2, 0) is 11.3 Å². The van der Waals surface area contributed by atoms with Crippen LogP contribution in [0.4, 0.5) is 0 Å². The highest BCUT2D eigenvalue weighted by molar-refractivity contribution is 5.81. The molecule has 1 heterocycles. The van der Waals surface area contributed by atoms with Gasteiger partial charge in [-0.25, -0.2) is 0 Å². The van der Waals surface area contributed by atoms with Crippen molar-refractivity contribution < 1.29 is 4.79 Å². The zero-order valence-electron chi connectivity index (χ0n) is 9.86. The standard InChI is InChI=1S/C14H19NO/c1-2-14(16)13-8-9-15(11-13)10-12-6-4-3-5-7-12/h3-7,13H,2,8-11H2,1H3. The Hall–Kier alpha value is -1.15. The van der Waals surface area contributed by atoms with Gasteiger partial charge in [0.05, 0.1) is 0 Å². The first-order chi connectivity index (χ1) is 7.79. The van der Waals surface area contributed by atoms with E-state index in [0.29, 0.717) is 12.2 Å². The van der Waals surface area contributed by atoms with E-state index in [2.05, 4.69) is 29.2 Å². The maximum Gasteiger partial charge on any atom is 0.137 e. The molecule has 1 saturated heterocycles. The van der Waals surface area contributed by atoms with Gasteiger partial charge < -0.3 is 0 Å². The van der Waals surface area contributed by atoms with Crippen molar-refractivity contribution in [2.75, 3.05) is 13.1 Å². The van der Waals surface area contributed by atoms with Gasteiger partial charge in [-0.1, -0.05) is 37.3 Å². The molecule has 1 atom stereocenters. The van der Waals surface area contributed by atoms with Crippen LogP contribution in [0.15, 0.2) is 30.3 Å². The summed E-state index contributed by atoms with van der Waals surface area (Å²) in [6.45, 7) is 4.95. The highest BCUT2D eigenvalue weighted by Crippen LogP contribution is 2.20. The highest BCUT2D eigenvalue weighted by Gasteiger charge is 2.26. The zero-order valence-corrected chi connectivity index (χ0v) is 9.86. The fourth-order valence-corrected chi connectivity index (χ4v) is 2.37. The second kappa shape index (κ2) is 5.26. The molecule has 1 aromatic carbocycles. The normalized spacial score (nSPS) is 21.2. The Kier molecular flexibility index (Phi) is 3.73. The highest BCUT2D eigenvalue weighted by atomic mass is 16.1. The van der Waals surface area contributed by atoms with Crippen molar-refractivity contribution in [2.24, 2.45) is 5.92 Å². The van der Waals surface area contributed by atoms with E-state index in [-0.39, 0.29) is 5.92 Å². The van der Waals surface area contributed by atoms with E-state index in [0.717, 1.165) is 26.1 Å². The lowest BCUT2D eigenvalue weighted by Gasteiger charge is -2.15. The number of hydrogen-bond acceptors (Lipinski definition) is 2. The summed E-state index contributed by atoms with van der Waals surface area (Å²) < 4.78 is 0. The lowest BCUT2D eigenvalue weighted by molar-refractivity contribution is -0.122. The molecular weight excluding hydrogens is 198 g/mol. The van der Waals surface area contributed by atoms with Crippen LogP contribution >= 0.6 is 0 Å². The summed E-state index contributed by atoms with van der Waals surface area (Å²) in [5.74, 6) is 0.712. The van der Waals surface area contributed by atoms with Crippen molar-refractivity contribution in [2.45, 2.75) is 26.3 Å². The minimum atomic E-state index is 0.286. The lowest BCUT2D eigenvalue weighted by atomic mass is 10.0. The first-order valence-electron chi connectivity index (χ1n) is 6.08. The van der Waals surface area contributed by atoms with Crippen LogP contribution in [0.5, 0.6) is 0 Å². The van der Waals surface area contributed by atoms with Crippen molar-refractivity contribution >= 4 is 5.78 Å². The Balaban J connectivity index is 1.88. The van der Waals surface area contributed by atoms with Gasteiger partial charge in [0.25, 0.3) is 0 Å². The predicted octanol–water partition coefficient (Wildman–Crippen LogP) is 2.49. The van der Waals surface area contributed by atoms with Crippen LogP contribution in [0.1, 0.15) is 25.3 Å². The molecule has 1 unspecified atom stereocenters. The molecule has 1 aliphatic rings. The van der Waals surface area contributed by atoms with E-state index in [9.17, 15) is 4.79 Å². The first-order valence-corrected chi connectivity index (χ1v) is 6.08. The third kappa shape index (κ3) is 2.70. The molecular formula is C14H19NO. The van der Waals surface area contributed by atoms with Gasteiger partial charge in [0.1, 0.15) is 5.78 Å². The minimum absolute atomic E-state index is 0.286. The quantitative estimate of drug-likeness (QED) is 0.772. The molecule has 1 fully saturated rings. The van der Waals surface area contributed by atoms with Gasteiger partial charge in [-0.15, -0.1) is 0 Å². The predicted molar refractivity (Wildman–Crippen MR) is 65.1 cm³/mol. The smallest absolute Gasteiger partial charge is 0.137 e. The van der Waals surface area contributed by atoms with E-state index in [1.807, 2.05) is 13.0 Å².